The molecular weight excluding hydrogens is 559 g/mol. The summed E-state index contributed by atoms with van der Waals surface area (Å²) in [7, 11) is 3.94. The predicted molar refractivity (Wildman–Crippen MR) is 168 cm³/mol. The van der Waals surface area contributed by atoms with Crippen molar-refractivity contribution in [3.05, 3.63) is 72.9 Å². The van der Waals surface area contributed by atoms with Gasteiger partial charge in [0.15, 0.2) is 0 Å². The van der Waals surface area contributed by atoms with E-state index >= 15 is 0 Å². The maximum atomic E-state index is 14.7. The zero-order chi connectivity index (χ0) is 30.0. The van der Waals surface area contributed by atoms with E-state index in [9.17, 15) is 4.39 Å². The fourth-order valence-electron chi connectivity index (χ4n) is 5.53. The van der Waals surface area contributed by atoms with E-state index in [-0.39, 0.29) is 11.9 Å². The molecule has 10 nitrogen and oxygen atoms in total. The highest BCUT2D eigenvalue weighted by Gasteiger charge is 2.18. The van der Waals surface area contributed by atoms with Crippen LogP contribution in [0.3, 0.4) is 0 Å². The molecule has 0 amide bonds. The third kappa shape index (κ3) is 5.84. The molecule has 6 aromatic rings. The van der Waals surface area contributed by atoms with Gasteiger partial charge in [-0.25, -0.2) is 14.4 Å². The minimum absolute atomic E-state index is 0.180. The lowest BCUT2D eigenvalue weighted by Gasteiger charge is -2.23. The van der Waals surface area contributed by atoms with Gasteiger partial charge in [-0.3, -0.25) is 10.1 Å². The maximum Gasteiger partial charge on any atom is 0.138 e. The molecular formula is C33H33FN8O2. The van der Waals surface area contributed by atoms with Gasteiger partial charge in [-0.1, -0.05) is 0 Å². The Labute approximate surface area is 253 Å². The lowest BCUT2D eigenvalue weighted by Crippen LogP contribution is -2.34. The monoisotopic (exact) mass is 592 g/mol. The molecule has 1 aromatic carbocycles. The largest absolute Gasteiger partial charge is 0.492 e. The average Bonchev–Trinajstić information content (AvgIpc) is 3.65. The Hall–Kier alpha value is -4.87. The van der Waals surface area contributed by atoms with Gasteiger partial charge in [-0.2, -0.15) is 5.10 Å². The van der Waals surface area contributed by atoms with Gasteiger partial charge in [0.25, 0.3) is 0 Å². The van der Waals surface area contributed by atoms with Crippen LogP contribution in [0, 0.1) is 5.82 Å². The molecule has 0 saturated carbocycles. The molecule has 7 rings (SSSR count). The van der Waals surface area contributed by atoms with E-state index in [1.54, 1.807) is 18.6 Å². The van der Waals surface area contributed by atoms with Crippen molar-refractivity contribution in [3.63, 3.8) is 0 Å². The van der Waals surface area contributed by atoms with Crippen LogP contribution in [0.25, 0.3) is 55.8 Å². The van der Waals surface area contributed by atoms with E-state index in [1.807, 2.05) is 55.4 Å². The zero-order valence-corrected chi connectivity index (χ0v) is 24.6. The summed E-state index contributed by atoms with van der Waals surface area (Å²) in [6.07, 6.45) is 7.37. The summed E-state index contributed by atoms with van der Waals surface area (Å²) in [4.78, 5) is 19.3. The van der Waals surface area contributed by atoms with Gasteiger partial charge in [-0.05, 0) is 93.6 Å². The minimum Gasteiger partial charge on any atom is -0.492 e. The third-order valence-corrected chi connectivity index (χ3v) is 7.78. The first-order valence-corrected chi connectivity index (χ1v) is 14.7. The molecule has 0 bridgehead atoms. The quantitative estimate of drug-likeness (QED) is 0.203. The number of rotatable bonds is 9. The van der Waals surface area contributed by atoms with Crippen LogP contribution in [0.5, 0.6) is 11.5 Å². The van der Waals surface area contributed by atoms with Crippen LogP contribution in [-0.2, 0) is 0 Å². The van der Waals surface area contributed by atoms with Crippen LogP contribution in [0.2, 0.25) is 0 Å². The highest BCUT2D eigenvalue weighted by molar-refractivity contribution is 5.99. The molecule has 0 atom stereocenters. The van der Waals surface area contributed by atoms with Gasteiger partial charge in [0, 0.05) is 36.0 Å². The summed E-state index contributed by atoms with van der Waals surface area (Å²) in [5.74, 6) is 0.858. The second-order valence-corrected chi connectivity index (χ2v) is 11.3. The van der Waals surface area contributed by atoms with Gasteiger partial charge in [-0.15, -0.1) is 0 Å². The van der Waals surface area contributed by atoms with Gasteiger partial charge in [0.1, 0.15) is 46.9 Å². The van der Waals surface area contributed by atoms with E-state index in [0.717, 1.165) is 71.6 Å². The number of aromatic nitrogens is 6. The fraction of sp³-hybridized carbons (Fsp3) is 0.273. The van der Waals surface area contributed by atoms with Crippen molar-refractivity contribution in [1.29, 1.82) is 0 Å². The zero-order valence-electron chi connectivity index (χ0n) is 24.6. The Morgan fingerprint density at radius 1 is 0.977 bits per heavy atom. The summed E-state index contributed by atoms with van der Waals surface area (Å²) in [5, 5.41) is 11.9. The van der Waals surface area contributed by atoms with Crippen molar-refractivity contribution in [2.45, 2.75) is 18.9 Å². The highest BCUT2D eigenvalue weighted by atomic mass is 19.1. The van der Waals surface area contributed by atoms with Crippen molar-refractivity contribution < 1.29 is 13.9 Å². The Kier molecular flexibility index (Phi) is 7.63. The lowest BCUT2D eigenvalue weighted by molar-refractivity contribution is 0.162. The highest BCUT2D eigenvalue weighted by Crippen LogP contribution is 2.35. The van der Waals surface area contributed by atoms with Gasteiger partial charge in [0.05, 0.1) is 23.1 Å². The number of likely N-dealkylation sites (N-methyl/N-ethyl adjacent to an activating group) is 1. The van der Waals surface area contributed by atoms with Crippen molar-refractivity contribution >= 4 is 22.1 Å². The van der Waals surface area contributed by atoms with Crippen LogP contribution >= 0.6 is 0 Å². The Balaban J connectivity index is 1.21. The fourth-order valence-corrected chi connectivity index (χ4v) is 5.53. The van der Waals surface area contributed by atoms with Crippen molar-refractivity contribution in [1.82, 2.24) is 40.3 Å². The lowest BCUT2D eigenvalue weighted by atomic mass is 10.0. The second kappa shape index (κ2) is 12.0. The van der Waals surface area contributed by atoms with Gasteiger partial charge < -0.3 is 24.7 Å². The number of benzene rings is 1. The number of fused-ring (bicyclic) bond motifs is 2. The summed E-state index contributed by atoms with van der Waals surface area (Å²) in [6.45, 7) is 3.11. The number of aromatic amines is 2. The topological polar surface area (TPSA) is 117 Å². The Morgan fingerprint density at radius 3 is 2.70 bits per heavy atom. The molecule has 224 valence electrons. The molecule has 1 saturated heterocycles. The van der Waals surface area contributed by atoms with Crippen LogP contribution in [-0.4, -0.2) is 81.5 Å². The van der Waals surface area contributed by atoms with Crippen molar-refractivity contribution in [2.75, 3.05) is 40.3 Å². The first-order valence-electron chi connectivity index (χ1n) is 14.7. The van der Waals surface area contributed by atoms with Crippen LogP contribution in [0.4, 0.5) is 4.39 Å². The average molecular weight is 593 g/mol. The summed E-state index contributed by atoms with van der Waals surface area (Å²) >= 11 is 0. The SMILES string of the molecule is CN(C)CCOc1cc(F)cc(-c2ccnc3[nH]c(-c4n[nH]c5ccc(-c6cncc(OC7CCNCC7)c6)nc45)cc23)c1. The molecule has 11 heteroatoms. The van der Waals surface area contributed by atoms with E-state index in [1.165, 1.54) is 12.1 Å². The third-order valence-electron chi connectivity index (χ3n) is 7.78. The van der Waals surface area contributed by atoms with Crippen molar-refractivity contribution in [2.24, 2.45) is 0 Å². The van der Waals surface area contributed by atoms with Crippen LogP contribution < -0.4 is 14.8 Å². The first kappa shape index (κ1) is 27.9. The molecule has 1 aliphatic rings. The molecule has 0 spiro atoms. The molecule has 0 radical (unpaired) electrons. The minimum atomic E-state index is -0.363. The second-order valence-electron chi connectivity index (χ2n) is 11.3. The molecule has 0 unspecified atom stereocenters. The number of pyridine rings is 3. The van der Waals surface area contributed by atoms with Gasteiger partial charge >= 0.3 is 0 Å². The van der Waals surface area contributed by atoms with Gasteiger partial charge in [0.2, 0.25) is 0 Å². The number of piperidine rings is 1. The Bertz CT molecular complexity index is 1930. The van der Waals surface area contributed by atoms with E-state index < -0.39 is 0 Å². The molecule has 1 aliphatic heterocycles. The standard InChI is InChI=1S/C33H33FN8O2/c1-42(2)11-12-43-24-14-20(13-22(34)16-24)26-7-10-37-33-27(26)17-30(39-33)32-31-29(40-41-32)4-3-28(38-31)21-15-25(19-36-18-21)44-23-5-8-35-9-6-23/h3-4,7,10,13-19,23,35H,5-6,8-9,11-12H2,1-2H3,(H,37,39)(H,40,41). The number of halogens is 1. The summed E-state index contributed by atoms with van der Waals surface area (Å²) in [5.41, 5.74) is 6.74. The summed E-state index contributed by atoms with van der Waals surface area (Å²) in [6, 6.07) is 14.5. The van der Waals surface area contributed by atoms with E-state index in [2.05, 4.69) is 30.5 Å². The Morgan fingerprint density at radius 2 is 1.84 bits per heavy atom. The first-order chi connectivity index (χ1) is 21.5. The summed E-state index contributed by atoms with van der Waals surface area (Å²) < 4.78 is 26.7. The van der Waals surface area contributed by atoms with E-state index in [0.29, 0.717) is 34.8 Å². The maximum absolute atomic E-state index is 14.7. The molecule has 6 heterocycles. The normalized spacial score (nSPS) is 14.1. The molecule has 1 fully saturated rings. The number of hydrogen-bond donors (Lipinski definition) is 3. The predicted octanol–water partition coefficient (Wildman–Crippen LogP) is 5.44. The number of hydrogen-bond acceptors (Lipinski definition) is 8. The smallest absolute Gasteiger partial charge is 0.138 e. The van der Waals surface area contributed by atoms with Crippen molar-refractivity contribution in [3.8, 4) is 45.3 Å². The van der Waals surface area contributed by atoms with Crippen LogP contribution in [0.15, 0.2) is 67.1 Å². The number of nitrogens with one attached hydrogen (secondary N) is 3. The number of ether oxygens (including phenoxy) is 2. The molecule has 44 heavy (non-hydrogen) atoms. The molecule has 0 aliphatic carbocycles. The molecule has 5 aromatic heterocycles. The number of nitrogens with zero attached hydrogens (tertiary/aromatic N) is 5. The van der Waals surface area contributed by atoms with Crippen LogP contribution in [0.1, 0.15) is 12.8 Å². The van der Waals surface area contributed by atoms with E-state index in [4.69, 9.17) is 14.5 Å². The molecule has 3 N–H and O–H groups in total. The number of H-pyrrole nitrogens is 2.